The summed E-state index contributed by atoms with van der Waals surface area (Å²) in [4.78, 5) is 11.0. The Balaban J connectivity index is 1.97. The molecule has 0 aromatic heterocycles. The molecule has 0 atom stereocenters. The maximum Gasteiger partial charge on any atom is 0.335 e. The molecule has 0 aliphatic carbocycles. The molecule has 0 heterocycles. The van der Waals surface area contributed by atoms with Gasteiger partial charge in [-0.15, -0.1) is 0 Å². The highest BCUT2D eigenvalue weighted by Crippen LogP contribution is 2.11. The van der Waals surface area contributed by atoms with E-state index < -0.39 is 5.97 Å². The number of hydrazine groups is 1. The van der Waals surface area contributed by atoms with Crippen LogP contribution in [0, 0.1) is 6.92 Å². The Morgan fingerprint density at radius 3 is 2.58 bits per heavy atom. The zero-order chi connectivity index (χ0) is 13.7. The Kier molecular flexibility index (Phi) is 4.15. The van der Waals surface area contributed by atoms with Gasteiger partial charge in [0.15, 0.2) is 0 Å². The number of carboxylic acids is 1. The maximum atomic E-state index is 11.0. The predicted octanol–water partition coefficient (Wildman–Crippen LogP) is 2.81. The number of carbonyl (C=O) groups is 1. The van der Waals surface area contributed by atoms with Gasteiger partial charge in [0, 0.05) is 12.2 Å². The molecular formula is C15H16N2O2. The number of hydrogen-bond donors (Lipinski definition) is 3. The second kappa shape index (κ2) is 6.02. The molecule has 0 spiro atoms. The lowest BCUT2D eigenvalue weighted by atomic mass is 10.1. The van der Waals surface area contributed by atoms with Crippen molar-refractivity contribution in [1.29, 1.82) is 0 Å². The van der Waals surface area contributed by atoms with Crippen LogP contribution in [0.3, 0.4) is 0 Å². The fraction of sp³-hybridized carbons (Fsp3) is 0.133. The number of benzene rings is 2. The van der Waals surface area contributed by atoms with E-state index in [1.807, 2.05) is 42.5 Å². The van der Waals surface area contributed by atoms with E-state index in [-0.39, 0.29) is 0 Å². The smallest absolute Gasteiger partial charge is 0.335 e. The van der Waals surface area contributed by atoms with E-state index in [1.165, 1.54) is 0 Å². The van der Waals surface area contributed by atoms with Crippen molar-refractivity contribution < 1.29 is 9.90 Å². The number of carboxylic acid groups (broad SMARTS) is 1. The minimum absolute atomic E-state index is 0.346. The van der Waals surface area contributed by atoms with Gasteiger partial charge in [-0.3, -0.25) is 0 Å². The topological polar surface area (TPSA) is 61.4 Å². The fourth-order valence-electron chi connectivity index (χ4n) is 1.78. The van der Waals surface area contributed by atoms with E-state index >= 15 is 0 Å². The van der Waals surface area contributed by atoms with Gasteiger partial charge in [0.2, 0.25) is 0 Å². The Hall–Kier alpha value is -2.33. The van der Waals surface area contributed by atoms with Crippen LogP contribution in [0.15, 0.2) is 48.5 Å². The standard InChI is InChI=1S/C15H16N2O2/c1-11-7-8-12(9-14(11)15(18)19)10-16-17-13-5-3-2-4-6-13/h2-9,16-17H,10H2,1H3,(H,18,19). The molecule has 3 N–H and O–H groups in total. The second-order valence-electron chi connectivity index (χ2n) is 4.30. The SMILES string of the molecule is Cc1ccc(CNNc2ccccc2)cc1C(=O)O. The Morgan fingerprint density at radius 1 is 1.16 bits per heavy atom. The molecule has 2 aromatic carbocycles. The van der Waals surface area contributed by atoms with Gasteiger partial charge in [-0.25, -0.2) is 10.2 Å². The van der Waals surface area contributed by atoms with Crippen LogP contribution in [0.1, 0.15) is 21.5 Å². The highest BCUT2D eigenvalue weighted by Gasteiger charge is 2.07. The molecule has 2 rings (SSSR count). The molecule has 98 valence electrons. The highest BCUT2D eigenvalue weighted by molar-refractivity contribution is 5.89. The number of para-hydroxylation sites is 1. The fourth-order valence-corrected chi connectivity index (χ4v) is 1.78. The Labute approximate surface area is 112 Å². The first kappa shape index (κ1) is 13.1. The zero-order valence-corrected chi connectivity index (χ0v) is 10.7. The van der Waals surface area contributed by atoms with Crippen LogP contribution in [0.2, 0.25) is 0 Å². The van der Waals surface area contributed by atoms with E-state index in [1.54, 1.807) is 13.0 Å². The van der Waals surface area contributed by atoms with Gasteiger partial charge in [0.25, 0.3) is 0 Å². The van der Waals surface area contributed by atoms with E-state index in [0.29, 0.717) is 12.1 Å². The second-order valence-corrected chi connectivity index (χ2v) is 4.30. The summed E-state index contributed by atoms with van der Waals surface area (Å²) in [5, 5.41) is 9.06. The number of nitrogens with one attached hydrogen (secondary N) is 2. The van der Waals surface area contributed by atoms with Crippen molar-refractivity contribution in [3.63, 3.8) is 0 Å². The molecule has 19 heavy (non-hydrogen) atoms. The summed E-state index contributed by atoms with van der Waals surface area (Å²) in [6, 6.07) is 15.2. The lowest BCUT2D eigenvalue weighted by Crippen LogP contribution is -2.21. The van der Waals surface area contributed by atoms with Gasteiger partial charge < -0.3 is 10.5 Å². The predicted molar refractivity (Wildman–Crippen MR) is 75.0 cm³/mol. The quantitative estimate of drug-likeness (QED) is 0.720. The molecule has 0 radical (unpaired) electrons. The number of hydrogen-bond acceptors (Lipinski definition) is 3. The molecular weight excluding hydrogens is 240 g/mol. The molecule has 0 amide bonds. The normalized spacial score (nSPS) is 10.2. The first-order valence-electron chi connectivity index (χ1n) is 6.03. The summed E-state index contributed by atoms with van der Waals surface area (Å²) >= 11 is 0. The van der Waals surface area contributed by atoms with Crippen molar-refractivity contribution in [3.8, 4) is 0 Å². The zero-order valence-electron chi connectivity index (χ0n) is 10.7. The molecule has 4 heteroatoms. The van der Waals surface area contributed by atoms with Crippen LogP contribution in [0.5, 0.6) is 0 Å². The summed E-state index contributed by atoms with van der Waals surface area (Å²) in [6.45, 7) is 2.35. The Morgan fingerprint density at radius 2 is 1.89 bits per heavy atom. The largest absolute Gasteiger partial charge is 0.478 e. The van der Waals surface area contributed by atoms with Gasteiger partial charge in [0.05, 0.1) is 5.56 Å². The highest BCUT2D eigenvalue weighted by atomic mass is 16.4. The third-order valence-electron chi connectivity index (χ3n) is 2.83. The van der Waals surface area contributed by atoms with Gasteiger partial charge >= 0.3 is 5.97 Å². The van der Waals surface area contributed by atoms with Crippen molar-refractivity contribution in [2.24, 2.45) is 0 Å². The summed E-state index contributed by atoms with van der Waals surface area (Å²) in [5.74, 6) is -0.893. The van der Waals surface area contributed by atoms with Crippen molar-refractivity contribution in [1.82, 2.24) is 5.43 Å². The minimum atomic E-state index is -0.893. The number of aromatic carboxylic acids is 1. The monoisotopic (exact) mass is 256 g/mol. The molecule has 0 bridgehead atoms. The maximum absolute atomic E-state index is 11.0. The van der Waals surface area contributed by atoms with E-state index in [0.717, 1.165) is 16.8 Å². The van der Waals surface area contributed by atoms with Crippen LogP contribution >= 0.6 is 0 Å². The number of aryl methyl sites for hydroxylation is 1. The molecule has 4 nitrogen and oxygen atoms in total. The van der Waals surface area contributed by atoms with E-state index in [2.05, 4.69) is 10.9 Å². The summed E-state index contributed by atoms with van der Waals surface area (Å²) < 4.78 is 0. The molecule has 0 saturated carbocycles. The van der Waals surface area contributed by atoms with Gasteiger partial charge in [-0.1, -0.05) is 30.3 Å². The minimum Gasteiger partial charge on any atom is -0.478 e. The Bertz CT molecular complexity index is 568. The van der Waals surface area contributed by atoms with Crippen molar-refractivity contribution in [3.05, 3.63) is 65.2 Å². The third-order valence-corrected chi connectivity index (χ3v) is 2.83. The summed E-state index contributed by atoms with van der Waals surface area (Å²) in [5.41, 5.74) is 9.12. The van der Waals surface area contributed by atoms with Crippen molar-refractivity contribution in [2.75, 3.05) is 5.43 Å². The first-order valence-corrected chi connectivity index (χ1v) is 6.03. The number of rotatable bonds is 5. The number of anilines is 1. The van der Waals surface area contributed by atoms with Crippen LogP contribution in [0.25, 0.3) is 0 Å². The third kappa shape index (κ3) is 3.56. The lowest BCUT2D eigenvalue weighted by molar-refractivity contribution is 0.0696. The first-order chi connectivity index (χ1) is 9.16. The summed E-state index contributed by atoms with van der Waals surface area (Å²) in [6.07, 6.45) is 0. The van der Waals surface area contributed by atoms with Crippen LogP contribution in [-0.2, 0) is 6.54 Å². The van der Waals surface area contributed by atoms with Gasteiger partial charge in [-0.2, -0.15) is 0 Å². The summed E-state index contributed by atoms with van der Waals surface area (Å²) in [7, 11) is 0. The molecule has 0 fully saturated rings. The van der Waals surface area contributed by atoms with Crippen LogP contribution in [-0.4, -0.2) is 11.1 Å². The van der Waals surface area contributed by atoms with E-state index in [9.17, 15) is 4.79 Å². The van der Waals surface area contributed by atoms with Gasteiger partial charge in [0.1, 0.15) is 0 Å². The van der Waals surface area contributed by atoms with Crippen molar-refractivity contribution in [2.45, 2.75) is 13.5 Å². The van der Waals surface area contributed by atoms with Crippen LogP contribution in [0.4, 0.5) is 5.69 Å². The van der Waals surface area contributed by atoms with Gasteiger partial charge in [-0.05, 0) is 36.2 Å². The molecule has 2 aromatic rings. The average molecular weight is 256 g/mol. The molecule has 0 saturated heterocycles. The lowest BCUT2D eigenvalue weighted by Gasteiger charge is -2.09. The van der Waals surface area contributed by atoms with E-state index in [4.69, 9.17) is 5.11 Å². The van der Waals surface area contributed by atoms with Crippen LogP contribution < -0.4 is 10.9 Å². The average Bonchev–Trinajstić information content (AvgIpc) is 2.41. The van der Waals surface area contributed by atoms with Crippen molar-refractivity contribution >= 4 is 11.7 Å². The molecule has 0 aliphatic heterocycles. The molecule has 0 aliphatic rings. The molecule has 0 unspecified atom stereocenters.